The van der Waals surface area contributed by atoms with Crippen LogP contribution in [0.5, 0.6) is 5.75 Å². The first-order valence-corrected chi connectivity index (χ1v) is 4.02. The average molecular weight is 174 g/mol. The molecule has 0 fully saturated rings. The quantitative estimate of drug-likeness (QED) is 0.599. The molecule has 0 saturated carbocycles. The highest BCUT2D eigenvalue weighted by Crippen LogP contribution is 2.26. The number of fused-ring (bicyclic) bond motifs is 1. The van der Waals surface area contributed by atoms with E-state index in [1.807, 2.05) is 13.0 Å². The second-order valence-electron chi connectivity index (χ2n) is 3.06. The maximum Gasteiger partial charge on any atom is 0.118 e. The molecule has 66 valence electrons. The molecule has 2 aromatic rings. The Morgan fingerprint density at radius 2 is 2.15 bits per heavy atom. The van der Waals surface area contributed by atoms with Crippen LogP contribution in [-0.2, 0) is 0 Å². The van der Waals surface area contributed by atoms with Gasteiger partial charge in [0.25, 0.3) is 0 Å². The lowest BCUT2D eigenvalue weighted by molar-refractivity contribution is 0.476. The summed E-state index contributed by atoms with van der Waals surface area (Å²) in [4.78, 5) is 4.15. The molecule has 0 aliphatic heterocycles. The van der Waals surface area contributed by atoms with Crippen molar-refractivity contribution in [3.63, 3.8) is 0 Å². The van der Waals surface area contributed by atoms with Crippen molar-refractivity contribution in [3.05, 3.63) is 30.0 Å². The molecular formula is C10H10N2O. The van der Waals surface area contributed by atoms with Crippen molar-refractivity contribution in [3.8, 4) is 5.75 Å². The molecule has 13 heavy (non-hydrogen) atoms. The van der Waals surface area contributed by atoms with E-state index in [1.54, 1.807) is 12.3 Å². The zero-order valence-electron chi connectivity index (χ0n) is 7.28. The van der Waals surface area contributed by atoms with E-state index in [2.05, 4.69) is 4.98 Å². The highest BCUT2D eigenvalue weighted by molar-refractivity contribution is 5.92. The smallest absolute Gasteiger partial charge is 0.118 e. The second-order valence-corrected chi connectivity index (χ2v) is 3.06. The minimum Gasteiger partial charge on any atom is -0.508 e. The van der Waals surface area contributed by atoms with E-state index in [-0.39, 0.29) is 5.75 Å². The van der Waals surface area contributed by atoms with Gasteiger partial charge >= 0.3 is 0 Å². The highest BCUT2D eigenvalue weighted by atomic mass is 16.3. The number of phenolic OH excluding ortho intramolecular Hbond substituents is 1. The molecule has 0 bridgehead atoms. The molecule has 0 aliphatic carbocycles. The van der Waals surface area contributed by atoms with Crippen LogP contribution >= 0.6 is 0 Å². The number of anilines is 1. The Morgan fingerprint density at radius 1 is 1.38 bits per heavy atom. The van der Waals surface area contributed by atoms with Crippen molar-refractivity contribution < 1.29 is 5.11 Å². The Hall–Kier alpha value is -1.77. The van der Waals surface area contributed by atoms with Crippen molar-refractivity contribution in [2.24, 2.45) is 0 Å². The third-order valence-corrected chi connectivity index (χ3v) is 2.08. The van der Waals surface area contributed by atoms with Crippen LogP contribution in [0.1, 0.15) is 5.56 Å². The minimum absolute atomic E-state index is 0.182. The number of hydrogen-bond donors (Lipinski definition) is 2. The number of aryl methyl sites for hydroxylation is 1. The third-order valence-electron chi connectivity index (χ3n) is 2.08. The molecule has 0 saturated heterocycles. The summed E-state index contributed by atoms with van der Waals surface area (Å²) in [5, 5.41) is 10.2. The van der Waals surface area contributed by atoms with Crippen LogP contribution in [0.25, 0.3) is 10.9 Å². The van der Waals surface area contributed by atoms with Crippen LogP contribution in [0.3, 0.4) is 0 Å². The largest absolute Gasteiger partial charge is 0.508 e. The lowest BCUT2D eigenvalue weighted by Gasteiger charge is -2.04. The predicted octanol–water partition coefficient (Wildman–Crippen LogP) is 1.83. The van der Waals surface area contributed by atoms with Gasteiger partial charge in [-0.3, -0.25) is 4.98 Å². The predicted molar refractivity (Wildman–Crippen MR) is 52.6 cm³/mol. The van der Waals surface area contributed by atoms with Crippen molar-refractivity contribution in [1.29, 1.82) is 0 Å². The van der Waals surface area contributed by atoms with Crippen molar-refractivity contribution in [2.75, 3.05) is 5.73 Å². The van der Waals surface area contributed by atoms with E-state index in [4.69, 9.17) is 5.73 Å². The lowest BCUT2D eigenvalue weighted by atomic mass is 10.1. The van der Waals surface area contributed by atoms with Gasteiger partial charge in [0.15, 0.2) is 0 Å². The molecule has 0 unspecified atom stereocenters. The maximum atomic E-state index is 9.33. The summed E-state index contributed by atoms with van der Waals surface area (Å²) >= 11 is 0. The van der Waals surface area contributed by atoms with Gasteiger partial charge in [0.2, 0.25) is 0 Å². The number of hydrogen-bond acceptors (Lipinski definition) is 3. The maximum absolute atomic E-state index is 9.33. The standard InChI is InChI=1S/C10H10N2O/c1-6-2-3-12-10-8(6)4-7(13)5-9(10)11/h2-5,13H,11H2,1H3. The van der Waals surface area contributed by atoms with E-state index >= 15 is 0 Å². The first kappa shape index (κ1) is 7.86. The fraction of sp³-hybridized carbons (Fsp3) is 0.100. The van der Waals surface area contributed by atoms with Crippen LogP contribution in [0.15, 0.2) is 24.4 Å². The SMILES string of the molecule is Cc1ccnc2c(N)cc(O)cc12. The Bertz CT molecular complexity index is 466. The Morgan fingerprint density at radius 3 is 2.92 bits per heavy atom. The number of phenols is 1. The van der Waals surface area contributed by atoms with Crippen LogP contribution in [0, 0.1) is 6.92 Å². The van der Waals surface area contributed by atoms with Crippen LogP contribution in [0.4, 0.5) is 5.69 Å². The molecule has 0 atom stereocenters. The van der Waals surface area contributed by atoms with E-state index in [9.17, 15) is 5.11 Å². The number of benzene rings is 1. The van der Waals surface area contributed by atoms with Gasteiger partial charge in [-0.05, 0) is 24.6 Å². The van der Waals surface area contributed by atoms with Gasteiger partial charge in [-0.2, -0.15) is 0 Å². The Kier molecular flexibility index (Phi) is 1.59. The molecule has 1 aromatic heterocycles. The summed E-state index contributed by atoms with van der Waals surface area (Å²) in [6.45, 7) is 1.96. The molecule has 2 rings (SSSR count). The van der Waals surface area contributed by atoms with Gasteiger partial charge in [0.1, 0.15) is 5.75 Å². The van der Waals surface area contributed by atoms with E-state index < -0.39 is 0 Å². The summed E-state index contributed by atoms with van der Waals surface area (Å²) in [6, 6.07) is 5.07. The van der Waals surface area contributed by atoms with Crippen molar-refractivity contribution in [2.45, 2.75) is 6.92 Å². The van der Waals surface area contributed by atoms with Gasteiger partial charge < -0.3 is 10.8 Å². The monoisotopic (exact) mass is 174 g/mol. The van der Waals surface area contributed by atoms with Crippen LogP contribution in [-0.4, -0.2) is 10.1 Å². The highest BCUT2D eigenvalue weighted by Gasteiger charge is 2.03. The number of nitrogens with two attached hydrogens (primary N) is 1. The second kappa shape index (κ2) is 2.62. The van der Waals surface area contributed by atoms with Gasteiger partial charge in [-0.1, -0.05) is 0 Å². The molecule has 0 spiro atoms. The zero-order chi connectivity index (χ0) is 9.42. The zero-order valence-corrected chi connectivity index (χ0v) is 7.28. The molecular weight excluding hydrogens is 164 g/mol. The fourth-order valence-electron chi connectivity index (χ4n) is 1.40. The van der Waals surface area contributed by atoms with Crippen molar-refractivity contribution in [1.82, 2.24) is 4.98 Å². The van der Waals surface area contributed by atoms with E-state index in [0.29, 0.717) is 5.69 Å². The minimum atomic E-state index is 0.182. The Balaban J connectivity index is 2.94. The van der Waals surface area contributed by atoms with E-state index in [1.165, 1.54) is 6.07 Å². The van der Waals surface area contributed by atoms with Crippen molar-refractivity contribution >= 4 is 16.6 Å². The number of rotatable bonds is 0. The summed E-state index contributed by atoms with van der Waals surface area (Å²) in [5.41, 5.74) is 8.03. The molecule has 1 heterocycles. The third kappa shape index (κ3) is 1.18. The van der Waals surface area contributed by atoms with Gasteiger partial charge in [0, 0.05) is 17.6 Å². The lowest BCUT2D eigenvalue weighted by Crippen LogP contribution is -1.90. The molecule has 3 nitrogen and oxygen atoms in total. The summed E-state index contributed by atoms with van der Waals surface area (Å²) in [7, 11) is 0. The first-order chi connectivity index (χ1) is 6.18. The number of aromatic hydroxyl groups is 1. The van der Waals surface area contributed by atoms with Gasteiger partial charge in [-0.25, -0.2) is 0 Å². The molecule has 3 N–H and O–H groups in total. The van der Waals surface area contributed by atoms with Crippen LogP contribution in [0.2, 0.25) is 0 Å². The number of nitrogen functional groups attached to an aromatic ring is 1. The average Bonchev–Trinajstić information content (AvgIpc) is 2.07. The Labute approximate surface area is 75.8 Å². The molecule has 0 amide bonds. The van der Waals surface area contributed by atoms with Gasteiger partial charge in [0.05, 0.1) is 11.2 Å². The molecule has 1 aromatic carbocycles. The fourth-order valence-corrected chi connectivity index (χ4v) is 1.40. The molecule has 0 aliphatic rings. The molecule has 3 heteroatoms. The summed E-state index contributed by atoms with van der Waals surface area (Å²) in [5.74, 6) is 0.182. The summed E-state index contributed by atoms with van der Waals surface area (Å²) < 4.78 is 0. The normalized spacial score (nSPS) is 10.5. The van der Waals surface area contributed by atoms with E-state index in [0.717, 1.165) is 16.5 Å². The number of aromatic nitrogens is 1. The topological polar surface area (TPSA) is 59.1 Å². The number of nitrogens with zero attached hydrogens (tertiary/aromatic N) is 1. The van der Waals surface area contributed by atoms with Gasteiger partial charge in [-0.15, -0.1) is 0 Å². The molecule has 0 radical (unpaired) electrons. The summed E-state index contributed by atoms with van der Waals surface area (Å²) in [6.07, 6.45) is 1.71. The number of pyridine rings is 1. The van der Waals surface area contributed by atoms with Crippen LogP contribution < -0.4 is 5.73 Å². The first-order valence-electron chi connectivity index (χ1n) is 4.02.